The molecule has 0 saturated heterocycles. The van der Waals surface area contributed by atoms with Crippen molar-refractivity contribution in [2.24, 2.45) is 11.8 Å². The molecular formula is C14H24N2O2S2. The molecule has 114 valence electrons. The van der Waals surface area contributed by atoms with Crippen LogP contribution in [0.1, 0.15) is 38.0 Å². The maximum Gasteiger partial charge on any atom is 0.241 e. The SMILES string of the molecule is CCCNCc1cc(S(=O)(=O)NCC(C)C2CC2)cs1. The van der Waals surface area contributed by atoms with Crippen LogP contribution in [0.3, 0.4) is 0 Å². The molecule has 1 aromatic rings. The number of hydrogen-bond donors (Lipinski definition) is 2. The molecule has 1 heterocycles. The van der Waals surface area contributed by atoms with Gasteiger partial charge in [-0.15, -0.1) is 11.3 Å². The van der Waals surface area contributed by atoms with E-state index >= 15 is 0 Å². The predicted octanol–water partition coefficient (Wildman–Crippen LogP) is 2.57. The van der Waals surface area contributed by atoms with Gasteiger partial charge in [0.05, 0.1) is 4.90 Å². The van der Waals surface area contributed by atoms with Crippen molar-refractivity contribution in [3.05, 3.63) is 16.3 Å². The summed E-state index contributed by atoms with van der Waals surface area (Å²) < 4.78 is 27.1. The van der Waals surface area contributed by atoms with Gasteiger partial charge in [0, 0.05) is 23.3 Å². The average molecular weight is 316 g/mol. The number of rotatable bonds is 9. The molecule has 1 aliphatic carbocycles. The lowest BCUT2D eigenvalue weighted by Crippen LogP contribution is -2.28. The van der Waals surface area contributed by atoms with Gasteiger partial charge in [-0.25, -0.2) is 13.1 Å². The molecule has 1 fully saturated rings. The first-order valence-electron chi connectivity index (χ1n) is 7.30. The Morgan fingerprint density at radius 2 is 2.20 bits per heavy atom. The first kappa shape index (κ1) is 15.9. The molecule has 2 rings (SSSR count). The maximum atomic E-state index is 12.2. The zero-order valence-electron chi connectivity index (χ0n) is 12.2. The Kier molecular flexibility index (Phi) is 5.60. The minimum atomic E-state index is -3.34. The highest BCUT2D eigenvalue weighted by atomic mass is 32.2. The van der Waals surface area contributed by atoms with E-state index in [9.17, 15) is 8.42 Å². The first-order chi connectivity index (χ1) is 9.53. The molecule has 2 N–H and O–H groups in total. The van der Waals surface area contributed by atoms with Crippen LogP contribution in [0.2, 0.25) is 0 Å². The summed E-state index contributed by atoms with van der Waals surface area (Å²) in [6.07, 6.45) is 3.57. The molecular weight excluding hydrogens is 292 g/mol. The van der Waals surface area contributed by atoms with Gasteiger partial charge < -0.3 is 5.32 Å². The Bertz CT molecular complexity index is 521. The smallest absolute Gasteiger partial charge is 0.241 e. The topological polar surface area (TPSA) is 58.2 Å². The van der Waals surface area contributed by atoms with Crippen molar-refractivity contribution in [1.29, 1.82) is 0 Å². The summed E-state index contributed by atoms with van der Waals surface area (Å²) in [5.74, 6) is 1.16. The third-order valence-electron chi connectivity index (χ3n) is 3.69. The van der Waals surface area contributed by atoms with E-state index in [0.717, 1.165) is 24.4 Å². The van der Waals surface area contributed by atoms with E-state index < -0.39 is 10.0 Å². The molecule has 0 amide bonds. The van der Waals surface area contributed by atoms with Crippen LogP contribution in [0, 0.1) is 11.8 Å². The van der Waals surface area contributed by atoms with Gasteiger partial charge >= 0.3 is 0 Å². The molecule has 0 aliphatic heterocycles. The number of thiophene rings is 1. The summed E-state index contributed by atoms with van der Waals surface area (Å²) in [4.78, 5) is 1.47. The molecule has 1 saturated carbocycles. The van der Waals surface area contributed by atoms with E-state index in [0.29, 0.717) is 23.3 Å². The lowest BCUT2D eigenvalue weighted by atomic mass is 10.1. The van der Waals surface area contributed by atoms with E-state index in [1.54, 1.807) is 11.4 Å². The van der Waals surface area contributed by atoms with Gasteiger partial charge in [0.25, 0.3) is 0 Å². The van der Waals surface area contributed by atoms with Crippen LogP contribution < -0.4 is 10.0 Å². The highest BCUT2D eigenvalue weighted by Gasteiger charge is 2.29. The van der Waals surface area contributed by atoms with Crippen LogP contribution in [-0.4, -0.2) is 21.5 Å². The number of nitrogens with one attached hydrogen (secondary N) is 2. The fourth-order valence-corrected chi connectivity index (χ4v) is 4.53. The van der Waals surface area contributed by atoms with Gasteiger partial charge in [0.1, 0.15) is 0 Å². The molecule has 0 radical (unpaired) electrons. The molecule has 1 aliphatic rings. The molecule has 0 aromatic carbocycles. The Labute approximate surface area is 126 Å². The highest BCUT2D eigenvalue weighted by Crippen LogP contribution is 2.36. The Morgan fingerprint density at radius 1 is 1.45 bits per heavy atom. The van der Waals surface area contributed by atoms with Crippen LogP contribution >= 0.6 is 11.3 Å². The van der Waals surface area contributed by atoms with Crippen LogP contribution in [0.5, 0.6) is 0 Å². The second-order valence-corrected chi connectivity index (χ2v) is 8.35. The van der Waals surface area contributed by atoms with Crippen molar-refractivity contribution in [3.63, 3.8) is 0 Å². The summed E-state index contributed by atoms with van der Waals surface area (Å²) in [6.45, 7) is 6.48. The van der Waals surface area contributed by atoms with E-state index in [2.05, 4.69) is 23.9 Å². The third-order valence-corrected chi connectivity index (χ3v) is 6.18. The van der Waals surface area contributed by atoms with E-state index in [-0.39, 0.29) is 0 Å². The average Bonchev–Trinajstić information content (AvgIpc) is 3.15. The van der Waals surface area contributed by atoms with Gasteiger partial charge in [0.15, 0.2) is 0 Å². The van der Waals surface area contributed by atoms with Crippen molar-refractivity contribution in [2.45, 2.75) is 44.6 Å². The zero-order valence-corrected chi connectivity index (χ0v) is 13.8. The lowest BCUT2D eigenvalue weighted by molar-refractivity contribution is 0.492. The molecule has 6 heteroatoms. The highest BCUT2D eigenvalue weighted by molar-refractivity contribution is 7.89. The van der Waals surface area contributed by atoms with Crippen LogP contribution in [0.4, 0.5) is 0 Å². The summed E-state index contributed by atoms with van der Waals surface area (Å²) in [5.41, 5.74) is 0. The fraction of sp³-hybridized carbons (Fsp3) is 0.714. The molecule has 20 heavy (non-hydrogen) atoms. The van der Waals surface area contributed by atoms with Gasteiger partial charge in [-0.1, -0.05) is 13.8 Å². The van der Waals surface area contributed by atoms with Crippen molar-refractivity contribution in [1.82, 2.24) is 10.0 Å². The fourth-order valence-electron chi connectivity index (χ4n) is 2.14. The standard InChI is InChI=1S/C14H24N2O2S2/c1-3-6-15-9-13-7-14(10-19-13)20(17,18)16-8-11(2)12-4-5-12/h7,10-12,15-16H,3-6,8-9H2,1-2H3. The van der Waals surface area contributed by atoms with Crippen molar-refractivity contribution < 1.29 is 8.42 Å². The van der Waals surface area contributed by atoms with Gasteiger partial charge in [-0.2, -0.15) is 0 Å². The van der Waals surface area contributed by atoms with E-state index in [4.69, 9.17) is 0 Å². The second-order valence-electron chi connectivity index (χ2n) is 5.59. The minimum Gasteiger partial charge on any atom is -0.312 e. The van der Waals surface area contributed by atoms with Crippen molar-refractivity contribution >= 4 is 21.4 Å². The zero-order chi connectivity index (χ0) is 14.6. The molecule has 0 spiro atoms. The normalized spacial score (nSPS) is 17.3. The monoisotopic (exact) mass is 316 g/mol. The lowest BCUT2D eigenvalue weighted by Gasteiger charge is -2.10. The minimum absolute atomic E-state index is 0.402. The van der Waals surface area contributed by atoms with E-state index in [1.807, 2.05) is 0 Å². The Hall–Kier alpha value is -0.430. The molecule has 0 bridgehead atoms. The second kappa shape index (κ2) is 7.02. The van der Waals surface area contributed by atoms with E-state index in [1.165, 1.54) is 24.2 Å². The summed E-state index contributed by atoms with van der Waals surface area (Å²) in [5, 5.41) is 5.01. The largest absolute Gasteiger partial charge is 0.312 e. The quantitative estimate of drug-likeness (QED) is 0.688. The van der Waals surface area contributed by atoms with Crippen LogP contribution in [0.25, 0.3) is 0 Å². The number of hydrogen-bond acceptors (Lipinski definition) is 4. The molecule has 1 atom stereocenters. The summed E-state index contributed by atoms with van der Waals surface area (Å²) in [6, 6.07) is 1.78. The van der Waals surface area contributed by atoms with Crippen LogP contribution in [-0.2, 0) is 16.6 Å². The molecule has 1 unspecified atom stereocenters. The van der Waals surface area contributed by atoms with Gasteiger partial charge in [0.2, 0.25) is 10.0 Å². The maximum absolute atomic E-state index is 12.2. The molecule has 4 nitrogen and oxygen atoms in total. The van der Waals surface area contributed by atoms with Gasteiger partial charge in [-0.3, -0.25) is 0 Å². The third kappa shape index (κ3) is 4.55. The Balaban J connectivity index is 1.87. The molecule has 1 aromatic heterocycles. The van der Waals surface area contributed by atoms with Crippen molar-refractivity contribution in [3.8, 4) is 0 Å². The van der Waals surface area contributed by atoms with Crippen molar-refractivity contribution in [2.75, 3.05) is 13.1 Å². The predicted molar refractivity (Wildman–Crippen MR) is 83.4 cm³/mol. The first-order valence-corrected chi connectivity index (χ1v) is 9.67. The Morgan fingerprint density at radius 3 is 2.85 bits per heavy atom. The van der Waals surface area contributed by atoms with Gasteiger partial charge in [-0.05, 0) is 43.7 Å². The van der Waals surface area contributed by atoms with Crippen LogP contribution in [0.15, 0.2) is 16.3 Å². The number of sulfonamides is 1. The summed E-state index contributed by atoms with van der Waals surface area (Å²) >= 11 is 1.50. The summed E-state index contributed by atoms with van der Waals surface area (Å²) in [7, 11) is -3.34.